The fraction of sp³-hybridized carbons (Fsp3) is 0.643. The minimum atomic E-state index is 0.181. The van der Waals surface area contributed by atoms with Crippen molar-refractivity contribution in [1.82, 2.24) is 15.1 Å². The number of amides is 1. The Hall–Kier alpha value is -1.33. The third kappa shape index (κ3) is 4.36. The quantitative estimate of drug-likeness (QED) is 0.860. The van der Waals surface area contributed by atoms with Crippen molar-refractivity contribution in [2.24, 2.45) is 0 Å². The third-order valence-corrected chi connectivity index (χ3v) is 3.45. The summed E-state index contributed by atoms with van der Waals surface area (Å²) < 4.78 is 5.31. The number of hydrogen-bond acceptors (Lipinski definition) is 4. The number of hydrogen-bond donors (Lipinski definition) is 1. The van der Waals surface area contributed by atoms with E-state index in [0.717, 1.165) is 38.4 Å². The van der Waals surface area contributed by atoms with Crippen molar-refractivity contribution < 1.29 is 9.21 Å². The largest absolute Gasteiger partial charge is 0.467 e. The van der Waals surface area contributed by atoms with Crippen molar-refractivity contribution in [2.45, 2.75) is 19.9 Å². The lowest BCUT2D eigenvalue weighted by molar-refractivity contribution is -0.133. The van der Waals surface area contributed by atoms with Crippen molar-refractivity contribution in [2.75, 3.05) is 39.3 Å². The maximum Gasteiger partial charge on any atom is 0.237 e. The first-order valence-electron chi connectivity index (χ1n) is 7.03. The Kier molecular flexibility index (Phi) is 5.42. The molecule has 0 aliphatic carbocycles. The van der Waals surface area contributed by atoms with Gasteiger partial charge in [0.15, 0.2) is 0 Å². The van der Waals surface area contributed by atoms with Gasteiger partial charge in [-0.1, -0.05) is 0 Å². The second-order valence-corrected chi connectivity index (χ2v) is 4.87. The van der Waals surface area contributed by atoms with Gasteiger partial charge >= 0.3 is 0 Å². The van der Waals surface area contributed by atoms with Gasteiger partial charge < -0.3 is 14.6 Å². The summed E-state index contributed by atoms with van der Waals surface area (Å²) in [6.07, 6.45) is 2.76. The van der Waals surface area contributed by atoms with Gasteiger partial charge in [0.2, 0.25) is 5.91 Å². The number of carbonyl (C=O) groups is 1. The van der Waals surface area contributed by atoms with Crippen molar-refractivity contribution in [3.05, 3.63) is 24.2 Å². The van der Waals surface area contributed by atoms with Gasteiger partial charge in [-0.15, -0.1) is 0 Å². The molecule has 2 heterocycles. The first-order chi connectivity index (χ1) is 9.29. The molecule has 1 N–H and O–H groups in total. The Bertz CT molecular complexity index is 370. The van der Waals surface area contributed by atoms with E-state index in [0.29, 0.717) is 19.6 Å². The highest BCUT2D eigenvalue weighted by Crippen LogP contribution is 2.06. The fourth-order valence-corrected chi connectivity index (χ4v) is 2.32. The average molecular weight is 265 g/mol. The van der Waals surface area contributed by atoms with Gasteiger partial charge in [-0.3, -0.25) is 9.69 Å². The van der Waals surface area contributed by atoms with E-state index < -0.39 is 0 Å². The molecule has 0 atom stereocenters. The lowest BCUT2D eigenvalue weighted by Crippen LogP contribution is -2.41. The van der Waals surface area contributed by atoms with Gasteiger partial charge in [-0.05, 0) is 38.6 Å². The molecule has 1 amide bonds. The number of nitrogens with one attached hydrogen (secondary N) is 1. The molecule has 1 saturated heterocycles. The van der Waals surface area contributed by atoms with Crippen LogP contribution in [0.15, 0.2) is 22.8 Å². The molecule has 0 aromatic carbocycles. The molecule has 1 aliphatic heterocycles. The van der Waals surface area contributed by atoms with E-state index in [4.69, 9.17) is 4.42 Å². The molecule has 0 bridgehead atoms. The molecule has 0 unspecified atom stereocenters. The number of rotatable bonds is 5. The van der Waals surface area contributed by atoms with Crippen molar-refractivity contribution in [3.8, 4) is 0 Å². The molecule has 1 aromatic heterocycles. The summed E-state index contributed by atoms with van der Waals surface area (Å²) in [5.41, 5.74) is 0. The molecule has 5 heteroatoms. The zero-order valence-corrected chi connectivity index (χ0v) is 11.6. The van der Waals surface area contributed by atoms with Crippen LogP contribution >= 0.6 is 0 Å². The van der Waals surface area contributed by atoms with E-state index >= 15 is 0 Å². The van der Waals surface area contributed by atoms with Crippen molar-refractivity contribution in [1.29, 1.82) is 0 Å². The number of furan rings is 1. The lowest BCUT2D eigenvalue weighted by atomic mass is 10.3. The second-order valence-electron chi connectivity index (χ2n) is 4.87. The molecule has 106 valence electrons. The van der Waals surface area contributed by atoms with E-state index in [1.807, 2.05) is 24.0 Å². The van der Waals surface area contributed by atoms with Gasteiger partial charge in [-0.2, -0.15) is 0 Å². The van der Waals surface area contributed by atoms with Gasteiger partial charge in [0.1, 0.15) is 5.76 Å². The number of likely N-dealkylation sites (N-methyl/N-ethyl adjacent to an activating group) is 1. The molecular formula is C14H23N3O2. The van der Waals surface area contributed by atoms with Gasteiger partial charge in [0.25, 0.3) is 0 Å². The maximum atomic E-state index is 12.3. The second kappa shape index (κ2) is 7.31. The van der Waals surface area contributed by atoms with Crippen molar-refractivity contribution >= 4 is 5.91 Å². The van der Waals surface area contributed by atoms with Gasteiger partial charge in [-0.25, -0.2) is 0 Å². The summed E-state index contributed by atoms with van der Waals surface area (Å²) in [5, 5.41) is 3.35. The molecule has 0 spiro atoms. The third-order valence-electron chi connectivity index (χ3n) is 3.45. The monoisotopic (exact) mass is 265 g/mol. The van der Waals surface area contributed by atoms with Gasteiger partial charge in [0.05, 0.1) is 19.4 Å². The van der Waals surface area contributed by atoms with Gasteiger partial charge in [0, 0.05) is 19.6 Å². The zero-order chi connectivity index (χ0) is 13.5. The zero-order valence-electron chi connectivity index (χ0n) is 11.6. The lowest BCUT2D eigenvalue weighted by Gasteiger charge is -2.25. The van der Waals surface area contributed by atoms with E-state index in [9.17, 15) is 4.79 Å². The summed E-state index contributed by atoms with van der Waals surface area (Å²) >= 11 is 0. The predicted molar refractivity (Wildman–Crippen MR) is 73.7 cm³/mol. The van der Waals surface area contributed by atoms with Crippen LogP contribution in [0.4, 0.5) is 0 Å². The fourth-order valence-electron chi connectivity index (χ4n) is 2.32. The summed E-state index contributed by atoms with van der Waals surface area (Å²) in [4.78, 5) is 16.4. The first kappa shape index (κ1) is 14.1. The average Bonchev–Trinajstić information content (AvgIpc) is 2.79. The minimum Gasteiger partial charge on any atom is -0.467 e. The summed E-state index contributed by atoms with van der Waals surface area (Å²) in [6.45, 7) is 7.76. The Balaban J connectivity index is 1.85. The standard InChI is InChI=1S/C14H23N3O2/c1-2-17(11-13-5-3-10-19-13)14(18)12-16-8-4-6-15-7-9-16/h3,5,10,15H,2,4,6-9,11-12H2,1H3. The Morgan fingerprint density at radius 3 is 3.11 bits per heavy atom. The van der Waals surface area contributed by atoms with Crippen molar-refractivity contribution in [3.63, 3.8) is 0 Å². The Morgan fingerprint density at radius 1 is 1.47 bits per heavy atom. The first-order valence-corrected chi connectivity index (χ1v) is 7.03. The summed E-state index contributed by atoms with van der Waals surface area (Å²) in [5.74, 6) is 1.02. The molecule has 2 rings (SSSR count). The molecule has 0 radical (unpaired) electrons. The SMILES string of the molecule is CCN(Cc1ccco1)C(=O)CN1CCCNCC1. The van der Waals surface area contributed by atoms with Crippen LogP contribution in [0.25, 0.3) is 0 Å². The molecule has 1 fully saturated rings. The Morgan fingerprint density at radius 2 is 2.37 bits per heavy atom. The summed E-state index contributed by atoms with van der Waals surface area (Å²) in [7, 11) is 0. The maximum absolute atomic E-state index is 12.3. The predicted octanol–water partition coefficient (Wildman–Crippen LogP) is 0.923. The smallest absolute Gasteiger partial charge is 0.237 e. The van der Waals surface area contributed by atoms with E-state index in [1.54, 1.807) is 6.26 Å². The highest BCUT2D eigenvalue weighted by atomic mass is 16.3. The van der Waals surface area contributed by atoms with E-state index in [2.05, 4.69) is 10.2 Å². The minimum absolute atomic E-state index is 0.181. The molecule has 19 heavy (non-hydrogen) atoms. The molecular weight excluding hydrogens is 242 g/mol. The highest BCUT2D eigenvalue weighted by Gasteiger charge is 2.18. The Labute approximate surface area is 114 Å². The van der Waals surface area contributed by atoms with Crippen LogP contribution in [0.3, 0.4) is 0 Å². The number of carbonyl (C=O) groups excluding carboxylic acids is 1. The highest BCUT2D eigenvalue weighted by molar-refractivity contribution is 5.78. The van der Waals surface area contributed by atoms with Crippen LogP contribution in [0.5, 0.6) is 0 Å². The van der Waals surface area contributed by atoms with E-state index in [1.165, 1.54) is 0 Å². The van der Waals surface area contributed by atoms with E-state index in [-0.39, 0.29) is 5.91 Å². The van der Waals surface area contributed by atoms with Crippen LogP contribution in [0, 0.1) is 0 Å². The van der Waals surface area contributed by atoms with Crippen LogP contribution in [-0.2, 0) is 11.3 Å². The number of nitrogens with zero attached hydrogens (tertiary/aromatic N) is 2. The normalized spacial score (nSPS) is 17.1. The van der Waals surface area contributed by atoms with Crippen LogP contribution < -0.4 is 5.32 Å². The van der Waals surface area contributed by atoms with Crippen LogP contribution in [0.1, 0.15) is 19.1 Å². The molecule has 1 aromatic rings. The topological polar surface area (TPSA) is 48.7 Å². The van der Waals surface area contributed by atoms with Crippen LogP contribution in [-0.4, -0.2) is 55.0 Å². The molecule has 0 saturated carbocycles. The molecule has 5 nitrogen and oxygen atoms in total. The van der Waals surface area contributed by atoms with Crippen LogP contribution in [0.2, 0.25) is 0 Å². The summed E-state index contributed by atoms with van der Waals surface area (Å²) in [6, 6.07) is 3.76. The molecule has 1 aliphatic rings.